The molecule has 1 aliphatic heterocycles. The van der Waals surface area contributed by atoms with E-state index in [0.717, 1.165) is 23.4 Å². The maximum Gasteiger partial charge on any atom is 0.416 e. The monoisotopic (exact) mass is 434 g/mol. The predicted octanol–water partition coefficient (Wildman–Crippen LogP) is 5.14. The molecule has 6 nitrogen and oxygen atoms in total. The van der Waals surface area contributed by atoms with Crippen molar-refractivity contribution in [2.45, 2.75) is 11.9 Å². The van der Waals surface area contributed by atoms with Crippen molar-refractivity contribution in [1.29, 1.82) is 0 Å². The SMILES string of the molecule is CN.Oc1cc(C(F)(F)F)ccc1-c1cc(Oc2cccc3c2N=CSC3)ncn1. The number of nitrogens with zero attached hydrogens (tertiary/aromatic N) is 3. The van der Waals surface area contributed by atoms with Crippen LogP contribution in [0.5, 0.6) is 17.4 Å². The van der Waals surface area contributed by atoms with Crippen molar-refractivity contribution < 1.29 is 23.0 Å². The summed E-state index contributed by atoms with van der Waals surface area (Å²) in [4.78, 5) is 12.4. The normalized spacial score (nSPS) is 12.6. The summed E-state index contributed by atoms with van der Waals surface area (Å²) < 4.78 is 44.2. The third-order valence-electron chi connectivity index (χ3n) is 4.04. The van der Waals surface area contributed by atoms with Gasteiger partial charge in [0.05, 0.1) is 16.8 Å². The van der Waals surface area contributed by atoms with Crippen LogP contribution >= 0.6 is 11.8 Å². The Kier molecular flexibility index (Phi) is 6.58. The molecule has 1 aromatic heterocycles. The Morgan fingerprint density at radius 1 is 1.10 bits per heavy atom. The van der Waals surface area contributed by atoms with Gasteiger partial charge in [-0.25, -0.2) is 15.0 Å². The highest BCUT2D eigenvalue weighted by Crippen LogP contribution is 2.40. The number of benzene rings is 2. The van der Waals surface area contributed by atoms with Gasteiger partial charge in [-0.1, -0.05) is 12.1 Å². The summed E-state index contributed by atoms with van der Waals surface area (Å²) in [7, 11) is 1.50. The molecule has 1 aliphatic rings. The zero-order valence-electron chi connectivity index (χ0n) is 15.7. The number of nitrogens with two attached hydrogens (primary N) is 1. The van der Waals surface area contributed by atoms with Crippen LogP contribution < -0.4 is 10.5 Å². The molecule has 10 heteroatoms. The van der Waals surface area contributed by atoms with Gasteiger partial charge in [-0.2, -0.15) is 13.2 Å². The van der Waals surface area contributed by atoms with Gasteiger partial charge in [0.25, 0.3) is 0 Å². The Labute approximate surface area is 174 Å². The fourth-order valence-corrected chi connectivity index (χ4v) is 3.38. The number of hydrogen-bond donors (Lipinski definition) is 2. The second-order valence-electron chi connectivity index (χ2n) is 5.88. The number of phenols is 1. The summed E-state index contributed by atoms with van der Waals surface area (Å²) in [5, 5.41) is 10.0. The first-order valence-corrected chi connectivity index (χ1v) is 9.71. The first-order valence-electron chi connectivity index (χ1n) is 8.66. The van der Waals surface area contributed by atoms with E-state index in [1.807, 2.05) is 12.1 Å². The van der Waals surface area contributed by atoms with Gasteiger partial charge in [0.1, 0.15) is 17.8 Å². The van der Waals surface area contributed by atoms with E-state index in [9.17, 15) is 18.3 Å². The summed E-state index contributed by atoms with van der Waals surface area (Å²) >= 11 is 1.58. The zero-order chi connectivity index (χ0) is 21.7. The lowest BCUT2D eigenvalue weighted by molar-refractivity contribution is -0.137. The Bertz CT molecular complexity index is 1070. The summed E-state index contributed by atoms with van der Waals surface area (Å²) in [6, 6.07) is 9.72. The van der Waals surface area contributed by atoms with Crippen LogP contribution in [0.4, 0.5) is 18.9 Å². The van der Waals surface area contributed by atoms with E-state index >= 15 is 0 Å². The average molecular weight is 434 g/mol. The Balaban J connectivity index is 0.00000124. The zero-order valence-corrected chi connectivity index (χ0v) is 16.5. The minimum Gasteiger partial charge on any atom is -0.507 e. The first-order chi connectivity index (χ1) is 14.4. The number of aromatic hydroxyl groups is 1. The van der Waals surface area contributed by atoms with E-state index in [1.54, 1.807) is 23.4 Å². The van der Waals surface area contributed by atoms with E-state index in [1.165, 1.54) is 19.4 Å². The molecular formula is C20H17F3N4O2S. The Hall–Kier alpha value is -3.11. The topological polar surface area (TPSA) is 93.6 Å². The van der Waals surface area contributed by atoms with Gasteiger partial charge in [0.2, 0.25) is 5.88 Å². The number of halogens is 3. The van der Waals surface area contributed by atoms with Crippen LogP contribution in [0.15, 0.2) is 53.8 Å². The molecule has 0 unspecified atom stereocenters. The third-order valence-corrected chi connectivity index (χ3v) is 4.77. The van der Waals surface area contributed by atoms with Gasteiger partial charge in [-0.15, -0.1) is 11.8 Å². The molecule has 0 saturated carbocycles. The molecule has 156 valence electrons. The quantitative estimate of drug-likeness (QED) is 0.593. The van der Waals surface area contributed by atoms with E-state index in [0.29, 0.717) is 17.5 Å². The molecule has 3 aromatic rings. The van der Waals surface area contributed by atoms with Crippen LogP contribution in [-0.2, 0) is 11.9 Å². The van der Waals surface area contributed by atoms with E-state index in [4.69, 9.17) is 4.74 Å². The van der Waals surface area contributed by atoms with Crippen molar-refractivity contribution >= 4 is 23.0 Å². The maximum atomic E-state index is 12.8. The molecule has 0 saturated heterocycles. The second kappa shape index (κ2) is 9.14. The van der Waals surface area contributed by atoms with Crippen LogP contribution in [0.3, 0.4) is 0 Å². The van der Waals surface area contributed by atoms with Gasteiger partial charge in [0, 0.05) is 17.4 Å². The van der Waals surface area contributed by atoms with Crippen molar-refractivity contribution in [3.05, 3.63) is 59.9 Å². The fraction of sp³-hybridized carbons (Fsp3) is 0.150. The summed E-state index contributed by atoms with van der Waals surface area (Å²) in [6.07, 6.45) is -3.32. The van der Waals surface area contributed by atoms with Crippen molar-refractivity contribution in [3.63, 3.8) is 0 Å². The Morgan fingerprint density at radius 2 is 1.90 bits per heavy atom. The number of aromatic nitrogens is 2. The van der Waals surface area contributed by atoms with Gasteiger partial charge in [0.15, 0.2) is 5.75 Å². The molecule has 0 fully saturated rings. The van der Waals surface area contributed by atoms with Crippen LogP contribution in [0.2, 0.25) is 0 Å². The lowest BCUT2D eigenvalue weighted by Gasteiger charge is -2.14. The molecule has 2 heterocycles. The average Bonchev–Trinajstić information content (AvgIpc) is 2.75. The highest BCUT2D eigenvalue weighted by Gasteiger charge is 2.31. The number of phenolic OH excluding ortho intramolecular Hbond substituents is 1. The number of hydrogen-bond acceptors (Lipinski definition) is 7. The van der Waals surface area contributed by atoms with Crippen molar-refractivity contribution in [1.82, 2.24) is 9.97 Å². The van der Waals surface area contributed by atoms with Crippen molar-refractivity contribution in [2.24, 2.45) is 10.7 Å². The standard InChI is InChI=1S/C19H12F3N3O2S.CH5N/c20-19(21,22)12-4-5-13(15(26)6-12)14-7-17(24-9-23-14)27-16-3-1-2-11-8-28-10-25-18(11)16;1-2/h1-7,9-10,26H,8H2;2H2,1H3. The highest BCUT2D eigenvalue weighted by atomic mass is 32.2. The van der Waals surface area contributed by atoms with E-state index < -0.39 is 17.5 Å². The fourth-order valence-electron chi connectivity index (χ4n) is 2.71. The van der Waals surface area contributed by atoms with Crippen LogP contribution in [0, 0.1) is 0 Å². The molecule has 0 atom stereocenters. The smallest absolute Gasteiger partial charge is 0.416 e. The molecular weight excluding hydrogens is 417 g/mol. The number of alkyl halides is 3. The molecule has 4 rings (SSSR count). The number of para-hydroxylation sites is 1. The maximum absolute atomic E-state index is 12.8. The van der Waals surface area contributed by atoms with Gasteiger partial charge >= 0.3 is 6.18 Å². The van der Waals surface area contributed by atoms with Crippen molar-refractivity contribution in [3.8, 4) is 28.6 Å². The number of aliphatic imine (C=N–C) groups is 1. The minimum atomic E-state index is -4.54. The number of fused-ring (bicyclic) bond motifs is 1. The molecule has 30 heavy (non-hydrogen) atoms. The Morgan fingerprint density at radius 3 is 2.63 bits per heavy atom. The number of thioether (sulfide) groups is 1. The first kappa shape index (κ1) is 21.6. The van der Waals surface area contributed by atoms with E-state index in [-0.39, 0.29) is 17.1 Å². The molecule has 3 N–H and O–H groups in total. The van der Waals surface area contributed by atoms with E-state index in [2.05, 4.69) is 20.7 Å². The van der Waals surface area contributed by atoms with Gasteiger partial charge < -0.3 is 15.6 Å². The van der Waals surface area contributed by atoms with Crippen LogP contribution in [0.1, 0.15) is 11.1 Å². The molecule has 0 spiro atoms. The van der Waals surface area contributed by atoms with Crippen molar-refractivity contribution in [2.75, 3.05) is 7.05 Å². The van der Waals surface area contributed by atoms with Crippen LogP contribution in [0.25, 0.3) is 11.3 Å². The molecule has 0 bridgehead atoms. The molecule has 0 aliphatic carbocycles. The largest absolute Gasteiger partial charge is 0.507 e. The lowest BCUT2D eigenvalue weighted by atomic mass is 10.1. The van der Waals surface area contributed by atoms with Gasteiger partial charge in [-0.3, -0.25) is 0 Å². The summed E-state index contributed by atoms with van der Waals surface area (Å²) in [6.45, 7) is 0. The molecule has 0 amide bonds. The summed E-state index contributed by atoms with van der Waals surface area (Å²) in [5.41, 5.74) is 7.41. The highest BCUT2D eigenvalue weighted by molar-refractivity contribution is 8.11. The molecule has 0 radical (unpaired) electrons. The third kappa shape index (κ3) is 4.71. The second-order valence-corrected chi connectivity index (χ2v) is 6.72. The number of rotatable bonds is 3. The number of ether oxygens (including phenoxy) is 1. The molecule has 2 aromatic carbocycles. The lowest BCUT2D eigenvalue weighted by Crippen LogP contribution is -2.04. The van der Waals surface area contributed by atoms with Gasteiger partial charge in [-0.05, 0) is 36.9 Å². The predicted molar refractivity (Wildman–Crippen MR) is 110 cm³/mol. The minimum absolute atomic E-state index is 0.143. The van der Waals surface area contributed by atoms with Crippen LogP contribution in [-0.4, -0.2) is 27.7 Å². The summed E-state index contributed by atoms with van der Waals surface area (Å²) in [5.74, 6) is 0.949.